The molecule has 6 nitrogen and oxygen atoms in total. The first kappa shape index (κ1) is 16.6. The van der Waals surface area contributed by atoms with Crippen molar-refractivity contribution in [2.24, 2.45) is 0 Å². The smallest absolute Gasteiger partial charge is 0.270 e. The summed E-state index contributed by atoms with van der Waals surface area (Å²) >= 11 is 1.24. The third-order valence-corrected chi connectivity index (χ3v) is 3.77. The number of nitrogens with one attached hydrogen (secondary N) is 2. The minimum atomic E-state index is -0.211. The van der Waals surface area contributed by atoms with Crippen molar-refractivity contribution in [3.63, 3.8) is 0 Å². The number of likely N-dealkylation sites (N-methyl/N-ethyl adjacent to an activating group) is 1. The van der Waals surface area contributed by atoms with Crippen LogP contribution in [0.15, 0.2) is 5.38 Å². The maximum atomic E-state index is 11.9. The van der Waals surface area contributed by atoms with Gasteiger partial charge in [-0.2, -0.15) is 0 Å². The molecule has 20 heavy (non-hydrogen) atoms. The molecule has 0 aliphatic heterocycles. The van der Waals surface area contributed by atoms with Crippen molar-refractivity contribution in [3.05, 3.63) is 11.1 Å². The average molecular weight is 298 g/mol. The molecule has 0 aliphatic carbocycles. The summed E-state index contributed by atoms with van der Waals surface area (Å²) in [6.07, 6.45) is 0. The van der Waals surface area contributed by atoms with Crippen molar-refractivity contribution >= 4 is 28.3 Å². The molecule has 0 saturated carbocycles. The summed E-state index contributed by atoms with van der Waals surface area (Å²) in [5.41, 5.74) is 0.338. The zero-order valence-electron chi connectivity index (χ0n) is 12.4. The van der Waals surface area contributed by atoms with Gasteiger partial charge in [0.1, 0.15) is 5.69 Å². The first-order chi connectivity index (χ1) is 9.47. The highest BCUT2D eigenvalue weighted by molar-refractivity contribution is 7.14. The molecule has 0 spiro atoms. The van der Waals surface area contributed by atoms with Gasteiger partial charge in [-0.15, -0.1) is 11.3 Å². The second kappa shape index (κ2) is 7.96. The molecule has 0 aromatic carbocycles. The molecule has 0 bridgehead atoms. The summed E-state index contributed by atoms with van der Waals surface area (Å²) in [6.45, 7) is 10.2. The van der Waals surface area contributed by atoms with Crippen LogP contribution in [-0.2, 0) is 4.79 Å². The van der Waals surface area contributed by atoms with Crippen molar-refractivity contribution in [1.82, 2.24) is 15.2 Å². The number of aromatic nitrogens is 1. The van der Waals surface area contributed by atoms with Gasteiger partial charge in [0.15, 0.2) is 5.13 Å². The van der Waals surface area contributed by atoms with Gasteiger partial charge in [0.25, 0.3) is 5.91 Å². The molecule has 0 radical (unpaired) electrons. The number of rotatable bonds is 7. The number of carbonyl (C=O) groups excluding carboxylic acids is 2. The van der Waals surface area contributed by atoms with Crippen LogP contribution >= 0.6 is 11.3 Å². The van der Waals surface area contributed by atoms with Crippen molar-refractivity contribution in [2.75, 3.05) is 25.0 Å². The predicted molar refractivity (Wildman–Crippen MR) is 81.1 cm³/mol. The van der Waals surface area contributed by atoms with Gasteiger partial charge in [0, 0.05) is 24.9 Å². The second-order valence-electron chi connectivity index (χ2n) is 4.50. The Bertz CT molecular complexity index is 457. The highest BCUT2D eigenvalue weighted by atomic mass is 32.1. The number of nitrogens with zero attached hydrogens (tertiary/aromatic N) is 2. The molecule has 1 heterocycles. The molecule has 112 valence electrons. The van der Waals surface area contributed by atoms with Gasteiger partial charge in [0.2, 0.25) is 5.91 Å². The maximum Gasteiger partial charge on any atom is 0.270 e. The molecule has 0 fully saturated rings. The summed E-state index contributed by atoms with van der Waals surface area (Å²) in [5.74, 6) is -0.404. The Kier molecular flexibility index (Phi) is 6.60. The molecular weight excluding hydrogens is 276 g/mol. The Morgan fingerprint density at radius 1 is 1.40 bits per heavy atom. The molecule has 2 N–H and O–H groups in total. The van der Waals surface area contributed by atoms with Crippen LogP contribution in [0.2, 0.25) is 0 Å². The maximum absolute atomic E-state index is 11.9. The van der Waals surface area contributed by atoms with Gasteiger partial charge < -0.3 is 10.6 Å². The van der Waals surface area contributed by atoms with Gasteiger partial charge in [-0.3, -0.25) is 14.5 Å². The normalized spacial score (nSPS) is 12.2. The largest absolute Gasteiger partial charge is 0.349 e. The molecule has 1 rings (SSSR count). The SMILES string of the molecule is CCN(CC)C(C)CNC(=O)c1csc(NC(C)=O)n1. The fourth-order valence-corrected chi connectivity index (χ4v) is 2.63. The summed E-state index contributed by atoms with van der Waals surface area (Å²) < 4.78 is 0. The summed E-state index contributed by atoms with van der Waals surface area (Å²) in [4.78, 5) is 29.2. The number of carbonyl (C=O) groups is 2. The number of thiazole rings is 1. The zero-order valence-corrected chi connectivity index (χ0v) is 13.2. The fraction of sp³-hybridized carbons (Fsp3) is 0.615. The van der Waals surface area contributed by atoms with Crippen molar-refractivity contribution in [1.29, 1.82) is 0 Å². The second-order valence-corrected chi connectivity index (χ2v) is 5.36. The van der Waals surface area contributed by atoms with Gasteiger partial charge in [-0.25, -0.2) is 4.98 Å². The molecule has 1 atom stereocenters. The lowest BCUT2D eigenvalue weighted by molar-refractivity contribution is -0.114. The van der Waals surface area contributed by atoms with Crippen LogP contribution in [0.25, 0.3) is 0 Å². The summed E-state index contributed by atoms with van der Waals surface area (Å²) in [5, 5.41) is 7.51. The minimum absolute atomic E-state index is 0.193. The van der Waals surface area contributed by atoms with Crippen LogP contribution in [0.5, 0.6) is 0 Å². The van der Waals surface area contributed by atoms with E-state index in [-0.39, 0.29) is 17.9 Å². The van der Waals surface area contributed by atoms with Gasteiger partial charge in [-0.05, 0) is 20.0 Å². The van der Waals surface area contributed by atoms with E-state index in [1.165, 1.54) is 18.3 Å². The third-order valence-electron chi connectivity index (χ3n) is 3.01. The number of anilines is 1. The first-order valence-corrected chi connectivity index (χ1v) is 7.61. The number of hydrogen-bond donors (Lipinski definition) is 2. The Morgan fingerprint density at radius 3 is 2.60 bits per heavy atom. The standard InChI is InChI=1S/C13H22N4O2S/c1-5-17(6-2)9(3)7-14-12(19)11-8-20-13(16-11)15-10(4)18/h8-9H,5-7H2,1-4H3,(H,14,19)(H,15,16,18). The lowest BCUT2D eigenvalue weighted by Crippen LogP contribution is -2.42. The van der Waals surface area contributed by atoms with E-state index in [0.717, 1.165) is 13.1 Å². The quantitative estimate of drug-likeness (QED) is 0.801. The topological polar surface area (TPSA) is 74.3 Å². The van der Waals surface area contributed by atoms with Crippen molar-refractivity contribution in [3.8, 4) is 0 Å². The molecule has 0 aliphatic rings. The van der Waals surface area contributed by atoms with E-state index >= 15 is 0 Å². The average Bonchev–Trinajstić information content (AvgIpc) is 2.85. The van der Waals surface area contributed by atoms with Crippen LogP contribution in [0.3, 0.4) is 0 Å². The number of hydrogen-bond acceptors (Lipinski definition) is 5. The molecule has 0 saturated heterocycles. The van der Waals surface area contributed by atoms with Crippen molar-refractivity contribution < 1.29 is 9.59 Å². The van der Waals surface area contributed by atoms with Crippen LogP contribution in [0, 0.1) is 0 Å². The van der Waals surface area contributed by atoms with Crippen LogP contribution in [-0.4, -0.2) is 47.4 Å². The van der Waals surface area contributed by atoms with E-state index in [4.69, 9.17) is 0 Å². The summed E-state index contributed by atoms with van der Waals surface area (Å²) in [7, 11) is 0. The Morgan fingerprint density at radius 2 is 2.05 bits per heavy atom. The molecule has 1 aromatic heterocycles. The lowest BCUT2D eigenvalue weighted by Gasteiger charge is -2.26. The van der Waals surface area contributed by atoms with E-state index in [0.29, 0.717) is 17.4 Å². The zero-order chi connectivity index (χ0) is 15.1. The monoisotopic (exact) mass is 298 g/mol. The van der Waals surface area contributed by atoms with E-state index in [9.17, 15) is 9.59 Å². The van der Waals surface area contributed by atoms with E-state index in [1.54, 1.807) is 5.38 Å². The predicted octanol–water partition coefficient (Wildman–Crippen LogP) is 1.56. The van der Waals surface area contributed by atoms with Gasteiger partial charge in [0.05, 0.1) is 0 Å². The van der Waals surface area contributed by atoms with Crippen LogP contribution in [0.4, 0.5) is 5.13 Å². The summed E-state index contributed by atoms with van der Waals surface area (Å²) in [6, 6.07) is 0.280. The van der Waals surface area contributed by atoms with Gasteiger partial charge in [-0.1, -0.05) is 13.8 Å². The Labute approximate surface area is 123 Å². The highest BCUT2D eigenvalue weighted by Gasteiger charge is 2.14. The lowest BCUT2D eigenvalue weighted by atomic mass is 10.2. The fourth-order valence-electron chi connectivity index (χ4n) is 1.89. The van der Waals surface area contributed by atoms with Crippen molar-refractivity contribution in [2.45, 2.75) is 33.7 Å². The molecule has 1 aromatic rings. The molecule has 2 amide bonds. The highest BCUT2D eigenvalue weighted by Crippen LogP contribution is 2.15. The Balaban J connectivity index is 2.50. The van der Waals surface area contributed by atoms with E-state index < -0.39 is 0 Å². The van der Waals surface area contributed by atoms with Crippen LogP contribution < -0.4 is 10.6 Å². The van der Waals surface area contributed by atoms with Gasteiger partial charge >= 0.3 is 0 Å². The van der Waals surface area contributed by atoms with E-state index in [2.05, 4.69) is 41.3 Å². The van der Waals surface area contributed by atoms with E-state index in [1.807, 2.05) is 0 Å². The van der Waals surface area contributed by atoms with Crippen LogP contribution in [0.1, 0.15) is 38.2 Å². The molecule has 1 unspecified atom stereocenters. The first-order valence-electron chi connectivity index (χ1n) is 6.73. The number of amides is 2. The molecular formula is C13H22N4O2S. The minimum Gasteiger partial charge on any atom is -0.349 e. The third kappa shape index (κ3) is 4.90. The molecule has 7 heteroatoms. The Hall–Kier alpha value is -1.47.